The molecular formula is C14H20N2O2. The maximum absolute atomic E-state index is 11.2. The molecule has 0 spiro atoms. The van der Waals surface area contributed by atoms with Gasteiger partial charge < -0.3 is 16.2 Å². The minimum absolute atomic E-state index is 0.0750. The molecule has 0 heterocycles. The SMILES string of the molecule is CCC(Oc1ccc2c(c1)C(N)CCC2)C(N)=O. The van der Waals surface area contributed by atoms with E-state index in [2.05, 4.69) is 0 Å². The number of ether oxygens (including phenoxy) is 1. The standard InChI is InChI=1S/C14H20N2O2/c1-2-13(14(16)17)18-10-7-6-9-4-3-5-12(15)11(9)8-10/h6-8,12-13H,2-5,15H2,1H3,(H2,16,17). The zero-order chi connectivity index (χ0) is 13.1. The van der Waals surface area contributed by atoms with Gasteiger partial charge in [-0.3, -0.25) is 4.79 Å². The molecular weight excluding hydrogens is 228 g/mol. The summed E-state index contributed by atoms with van der Waals surface area (Å²) in [5.74, 6) is 0.247. The predicted octanol–water partition coefficient (Wildman–Crippen LogP) is 1.67. The van der Waals surface area contributed by atoms with Crippen LogP contribution in [0.4, 0.5) is 0 Å². The highest BCUT2D eigenvalue weighted by atomic mass is 16.5. The fourth-order valence-corrected chi connectivity index (χ4v) is 2.39. The average Bonchev–Trinajstić information content (AvgIpc) is 2.36. The Morgan fingerprint density at radius 1 is 1.56 bits per heavy atom. The topological polar surface area (TPSA) is 78.3 Å². The van der Waals surface area contributed by atoms with Gasteiger partial charge in [-0.2, -0.15) is 0 Å². The molecule has 2 unspecified atom stereocenters. The van der Waals surface area contributed by atoms with Gasteiger partial charge in [-0.25, -0.2) is 0 Å². The molecule has 0 saturated carbocycles. The van der Waals surface area contributed by atoms with Gasteiger partial charge in [0.1, 0.15) is 5.75 Å². The molecule has 0 aliphatic heterocycles. The number of aryl methyl sites for hydroxylation is 1. The van der Waals surface area contributed by atoms with E-state index in [0.717, 1.165) is 24.8 Å². The first-order valence-corrected chi connectivity index (χ1v) is 6.46. The van der Waals surface area contributed by atoms with Crippen LogP contribution in [0.3, 0.4) is 0 Å². The number of benzene rings is 1. The third-order valence-corrected chi connectivity index (χ3v) is 3.44. The lowest BCUT2D eigenvalue weighted by Gasteiger charge is -2.23. The van der Waals surface area contributed by atoms with Crippen molar-refractivity contribution in [1.29, 1.82) is 0 Å². The molecule has 2 atom stereocenters. The Balaban J connectivity index is 2.20. The summed E-state index contributed by atoms with van der Waals surface area (Å²) >= 11 is 0. The van der Waals surface area contributed by atoms with Gasteiger partial charge in [0, 0.05) is 6.04 Å². The van der Waals surface area contributed by atoms with Gasteiger partial charge in [0.25, 0.3) is 5.91 Å². The smallest absolute Gasteiger partial charge is 0.258 e. The molecule has 1 aromatic rings. The van der Waals surface area contributed by atoms with Crippen LogP contribution in [0.2, 0.25) is 0 Å². The van der Waals surface area contributed by atoms with Crippen molar-refractivity contribution in [2.24, 2.45) is 11.5 Å². The largest absolute Gasteiger partial charge is 0.481 e. The first-order chi connectivity index (χ1) is 8.61. The molecule has 1 aliphatic carbocycles. The minimum atomic E-state index is -0.567. The fourth-order valence-electron chi connectivity index (χ4n) is 2.39. The zero-order valence-electron chi connectivity index (χ0n) is 10.7. The van der Waals surface area contributed by atoms with Crippen LogP contribution in [0.25, 0.3) is 0 Å². The van der Waals surface area contributed by atoms with Crippen molar-refractivity contribution in [3.8, 4) is 5.75 Å². The van der Waals surface area contributed by atoms with E-state index in [9.17, 15) is 4.79 Å². The van der Waals surface area contributed by atoms with Crippen molar-refractivity contribution in [3.63, 3.8) is 0 Å². The van der Waals surface area contributed by atoms with Gasteiger partial charge in [0.15, 0.2) is 6.10 Å². The summed E-state index contributed by atoms with van der Waals surface area (Å²) in [6.45, 7) is 1.87. The summed E-state index contributed by atoms with van der Waals surface area (Å²) in [5, 5.41) is 0. The normalized spacial score (nSPS) is 20.0. The second-order valence-electron chi connectivity index (χ2n) is 4.78. The Hall–Kier alpha value is -1.55. The highest BCUT2D eigenvalue weighted by molar-refractivity contribution is 5.79. The molecule has 1 aromatic carbocycles. The molecule has 0 aromatic heterocycles. The molecule has 1 amide bonds. The van der Waals surface area contributed by atoms with Crippen LogP contribution < -0.4 is 16.2 Å². The van der Waals surface area contributed by atoms with Crippen LogP contribution >= 0.6 is 0 Å². The molecule has 0 radical (unpaired) electrons. The lowest BCUT2D eigenvalue weighted by atomic mass is 9.88. The lowest BCUT2D eigenvalue weighted by Crippen LogP contribution is -2.33. The van der Waals surface area contributed by atoms with Crippen molar-refractivity contribution in [3.05, 3.63) is 29.3 Å². The number of nitrogens with two attached hydrogens (primary N) is 2. The van der Waals surface area contributed by atoms with E-state index in [0.29, 0.717) is 12.2 Å². The molecule has 4 nitrogen and oxygen atoms in total. The van der Waals surface area contributed by atoms with Crippen LogP contribution in [-0.4, -0.2) is 12.0 Å². The first kappa shape index (κ1) is 12.9. The lowest BCUT2D eigenvalue weighted by molar-refractivity contribution is -0.124. The summed E-state index contributed by atoms with van der Waals surface area (Å²) in [7, 11) is 0. The van der Waals surface area contributed by atoms with Gasteiger partial charge in [-0.05, 0) is 48.9 Å². The van der Waals surface area contributed by atoms with E-state index in [4.69, 9.17) is 16.2 Å². The van der Waals surface area contributed by atoms with Gasteiger partial charge in [0.05, 0.1) is 0 Å². The summed E-state index contributed by atoms with van der Waals surface area (Å²) in [5.41, 5.74) is 13.8. The third kappa shape index (κ3) is 2.64. The Labute approximate surface area is 107 Å². The maximum Gasteiger partial charge on any atom is 0.258 e. The molecule has 0 fully saturated rings. The van der Waals surface area contributed by atoms with Crippen LogP contribution in [0.5, 0.6) is 5.75 Å². The highest BCUT2D eigenvalue weighted by Crippen LogP contribution is 2.31. The third-order valence-electron chi connectivity index (χ3n) is 3.44. The van der Waals surface area contributed by atoms with E-state index in [1.165, 1.54) is 5.56 Å². The highest BCUT2D eigenvalue weighted by Gasteiger charge is 2.19. The molecule has 0 bridgehead atoms. The summed E-state index contributed by atoms with van der Waals surface area (Å²) in [6.07, 6.45) is 3.20. The van der Waals surface area contributed by atoms with E-state index in [1.54, 1.807) is 0 Å². The number of primary amides is 1. The van der Waals surface area contributed by atoms with Crippen molar-refractivity contribution in [1.82, 2.24) is 0 Å². The van der Waals surface area contributed by atoms with E-state index >= 15 is 0 Å². The maximum atomic E-state index is 11.2. The quantitative estimate of drug-likeness (QED) is 0.850. The molecule has 4 heteroatoms. The number of hydrogen-bond acceptors (Lipinski definition) is 3. The summed E-state index contributed by atoms with van der Waals surface area (Å²) in [4.78, 5) is 11.2. The zero-order valence-corrected chi connectivity index (χ0v) is 10.7. The van der Waals surface area contributed by atoms with Crippen molar-refractivity contribution in [2.75, 3.05) is 0 Å². The number of rotatable bonds is 4. The first-order valence-electron chi connectivity index (χ1n) is 6.46. The Morgan fingerprint density at radius 2 is 2.33 bits per heavy atom. The van der Waals surface area contributed by atoms with Gasteiger partial charge in [-0.1, -0.05) is 13.0 Å². The van der Waals surface area contributed by atoms with Gasteiger partial charge in [0.2, 0.25) is 0 Å². The van der Waals surface area contributed by atoms with Crippen LogP contribution in [-0.2, 0) is 11.2 Å². The predicted molar refractivity (Wildman–Crippen MR) is 70.2 cm³/mol. The van der Waals surface area contributed by atoms with E-state index < -0.39 is 12.0 Å². The van der Waals surface area contributed by atoms with E-state index in [-0.39, 0.29) is 6.04 Å². The van der Waals surface area contributed by atoms with Crippen molar-refractivity contribution in [2.45, 2.75) is 44.8 Å². The molecule has 18 heavy (non-hydrogen) atoms. The van der Waals surface area contributed by atoms with Crippen molar-refractivity contribution < 1.29 is 9.53 Å². The molecule has 4 N–H and O–H groups in total. The molecule has 1 aliphatic rings. The minimum Gasteiger partial charge on any atom is -0.481 e. The second-order valence-corrected chi connectivity index (χ2v) is 4.78. The molecule has 98 valence electrons. The number of amides is 1. The molecule has 2 rings (SSSR count). The summed E-state index contributed by atoms with van der Waals surface area (Å²) in [6, 6.07) is 5.95. The Morgan fingerprint density at radius 3 is 3.00 bits per heavy atom. The number of carbonyl (C=O) groups is 1. The Kier molecular flexibility index (Phi) is 3.87. The van der Waals surface area contributed by atoms with Gasteiger partial charge in [-0.15, -0.1) is 0 Å². The number of carbonyl (C=O) groups excluding carboxylic acids is 1. The second kappa shape index (κ2) is 5.40. The van der Waals surface area contributed by atoms with Crippen LogP contribution in [0.15, 0.2) is 18.2 Å². The average molecular weight is 248 g/mol. The fraction of sp³-hybridized carbons (Fsp3) is 0.500. The Bertz CT molecular complexity index is 445. The van der Waals surface area contributed by atoms with E-state index in [1.807, 2.05) is 25.1 Å². The van der Waals surface area contributed by atoms with Crippen molar-refractivity contribution >= 4 is 5.91 Å². The molecule has 0 saturated heterocycles. The monoisotopic (exact) mass is 248 g/mol. The van der Waals surface area contributed by atoms with Gasteiger partial charge >= 0.3 is 0 Å². The van der Waals surface area contributed by atoms with Crippen LogP contribution in [0.1, 0.15) is 43.4 Å². The number of hydrogen-bond donors (Lipinski definition) is 2. The van der Waals surface area contributed by atoms with Crippen LogP contribution in [0, 0.1) is 0 Å². The number of fused-ring (bicyclic) bond motifs is 1. The summed E-state index contributed by atoms with van der Waals surface area (Å²) < 4.78 is 5.61.